The molecule has 7 heteroatoms. The van der Waals surface area contributed by atoms with Gasteiger partial charge in [-0.15, -0.1) is 0 Å². The molecule has 3 nitrogen and oxygen atoms in total. The van der Waals surface area contributed by atoms with E-state index in [0.717, 1.165) is 0 Å². The molecular weight excluding hydrogens is 291 g/mol. The summed E-state index contributed by atoms with van der Waals surface area (Å²) in [6.07, 6.45) is -0.686. The summed E-state index contributed by atoms with van der Waals surface area (Å²) in [4.78, 5) is 10.3. The first-order chi connectivity index (χ1) is 7.34. The summed E-state index contributed by atoms with van der Waals surface area (Å²) >= 11 is 2.62. The van der Waals surface area contributed by atoms with Gasteiger partial charge < -0.3 is 10.8 Å². The molecule has 0 aliphatic rings. The number of carbonyl (C=O) groups is 1. The average Bonchev–Trinajstić information content (AvgIpc) is 2.13. The van der Waals surface area contributed by atoms with Gasteiger partial charge in [-0.3, -0.25) is 4.79 Å². The number of nitrogens with two attached hydrogens (primary N) is 1. The third-order valence-corrected chi connectivity index (χ3v) is 2.49. The quantitative estimate of drug-likeness (QED) is 0.665. The fourth-order valence-corrected chi connectivity index (χ4v) is 1.59. The Morgan fingerprint density at radius 3 is 2.50 bits per heavy atom. The summed E-state index contributed by atoms with van der Waals surface area (Å²) in [5.41, 5.74) is 4.51. The lowest BCUT2D eigenvalue weighted by atomic mass is 10.0. The molecule has 3 N–H and O–H groups in total. The van der Waals surface area contributed by atoms with Gasteiger partial charge in [0.2, 0.25) is 0 Å². The molecule has 0 heterocycles. The molecule has 88 valence electrons. The number of hydrogen-bond donors (Lipinski definition) is 2. The van der Waals surface area contributed by atoms with Crippen LogP contribution >= 0.6 is 15.9 Å². The topological polar surface area (TPSA) is 63.3 Å². The van der Waals surface area contributed by atoms with E-state index in [1.54, 1.807) is 0 Å². The zero-order valence-electron chi connectivity index (χ0n) is 7.81. The second kappa shape index (κ2) is 4.84. The van der Waals surface area contributed by atoms with Crippen LogP contribution in [0.5, 0.6) is 0 Å². The number of hydrogen-bond acceptors (Lipinski definition) is 2. The van der Waals surface area contributed by atoms with Crippen LogP contribution in [-0.2, 0) is 4.79 Å². The first-order valence-corrected chi connectivity index (χ1v) is 4.94. The predicted octanol–water partition coefficient (Wildman–Crippen LogP) is 2.34. The van der Waals surface area contributed by atoms with Crippen molar-refractivity contribution in [2.24, 2.45) is 5.73 Å². The van der Waals surface area contributed by atoms with Crippen LogP contribution in [0.25, 0.3) is 0 Å². The molecule has 1 unspecified atom stereocenters. The summed E-state index contributed by atoms with van der Waals surface area (Å²) in [6, 6.07) is -0.727. The standard InChI is InChI=1S/C9H7BrF3NO2/c10-3-1-4(11)7(9(13)8(3)12)5(14)2-6(15)16/h1,5H,2,14H2,(H,15,16). The molecule has 16 heavy (non-hydrogen) atoms. The summed E-state index contributed by atoms with van der Waals surface area (Å²) in [5, 5.41) is 8.42. The zero-order valence-corrected chi connectivity index (χ0v) is 9.39. The molecule has 0 saturated carbocycles. The molecule has 1 atom stereocenters. The van der Waals surface area contributed by atoms with Gasteiger partial charge in [-0.05, 0) is 22.0 Å². The average molecular weight is 298 g/mol. The lowest BCUT2D eigenvalue weighted by Crippen LogP contribution is -2.19. The summed E-state index contributed by atoms with van der Waals surface area (Å²) < 4.78 is 39.3. The molecule has 0 amide bonds. The Labute approximate surface area is 97.2 Å². The molecule has 0 saturated heterocycles. The summed E-state index contributed by atoms with van der Waals surface area (Å²) in [6.45, 7) is 0. The molecule has 1 aromatic carbocycles. The van der Waals surface area contributed by atoms with Crippen LogP contribution in [0.2, 0.25) is 0 Å². The number of halogens is 4. The van der Waals surface area contributed by atoms with Crippen molar-refractivity contribution >= 4 is 21.9 Å². The highest BCUT2D eigenvalue weighted by molar-refractivity contribution is 9.10. The Kier molecular flexibility index (Phi) is 3.93. The van der Waals surface area contributed by atoms with E-state index >= 15 is 0 Å². The number of benzene rings is 1. The minimum atomic E-state index is -1.47. The van der Waals surface area contributed by atoms with Gasteiger partial charge in [0.1, 0.15) is 5.82 Å². The Balaban J connectivity index is 3.23. The van der Waals surface area contributed by atoms with Gasteiger partial charge >= 0.3 is 5.97 Å². The molecular formula is C9H7BrF3NO2. The summed E-state index contributed by atoms with van der Waals surface area (Å²) in [7, 11) is 0. The van der Waals surface area contributed by atoms with Crippen molar-refractivity contribution in [3.63, 3.8) is 0 Å². The zero-order chi connectivity index (χ0) is 12.5. The van der Waals surface area contributed by atoms with E-state index in [0.29, 0.717) is 6.07 Å². The Morgan fingerprint density at radius 1 is 1.44 bits per heavy atom. The van der Waals surface area contributed by atoms with Crippen LogP contribution in [0.15, 0.2) is 10.5 Å². The van der Waals surface area contributed by atoms with Gasteiger partial charge in [-0.2, -0.15) is 0 Å². The van der Waals surface area contributed by atoms with Crippen LogP contribution in [-0.4, -0.2) is 11.1 Å². The molecule has 0 aliphatic carbocycles. The monoisotopic (exact) mass is 297 g/mol. The maximum atomic E-state index is 13.3. The smallest absolute Gasteiger partial charge is 0.305 e. The van der Waals surface area contributed by atoms with Gasteiger partial charge in [0, 0.05) is 11.6 Å². The van der Waals surface area contributed by atoms with Crippen LogP contribution in [0.3, 0.4) is 0 Å². The Bertz CT molecular complexity index is 439. The highest BCUT2D eigenvalue weighted by Crippen LogP contribution is 2.28. The number of carboxylic acids is 1. The van der Waals surface area contributed by atoms with Gasteiger partial charge in [0.05, 0.1) is 10.9 Å². The normalized spacial score (nSPS) is 12.6. The van der Waals surface area contributed by atoms with Gasteiger partial charge in [-0.1, -0.05) is 0 Å². The van der Waals surface area contributed by atoms with Crippen molar-refractivity contribution in [1.29, 1.82) is 0 Å². The maximum Gasteiger partial charge on any atom is 0.305 e. The van der Waals surface area contributed by atoms with E-state index in [1.807, 2.05) is 0 Å². The van der Waals surface area contributed by atoms with Crippen LogP contribution in [0.1, 0.15) is 18.0 Å². The van der Waals surface area contributed by atoms with E-state index in [2.05, 4.69) is 15.9 Å². The number of carboxylic acid groups (broad SMARTS) is 1. The third-order valence-electron chi connectivity index (χ3n) is 1.91. The Morgan fingerprint density at radius 2 is 2.00 bits per heavy atom. The molecule has 0 radical (unpaired) electrons. The molecule has 0 aromatic heterocycles. The minimum Gasteiger partial charge on any atom is -0.481 e. The molecule has 0 aliphatic heterocycles. The first kappa shape index (κ1) is 13.0. The van der Waals surface area contributed by atoms with Crippen LogP contribution < -0.4 is 5.73 Å². The van der Waals surface area contributed by atoms with E-state index in [1.165, 1.54) is 0 Å². The minimum absolute atomic E-state index is 0.381. The number of aliphatic carboxylic acids is 1. The van der Waals surface area contributed by atoms with Crippen molar-refractivity contribution in [3.8, 4) is 0 Å². The lowest BCUT2D eigenvalue weighted by molar-refractivity contribution is -0.137. The van der Waals surface area contributed by atoms with Gasteiger partial charge in [0.25, 0.3) is 0 Å². The van der Waals surface area contributed by atoms with Crippen molar-refractivity contribution < 1.29 is 23.1 Å². The molecule has 1 aromatic rings. The molecule has 0 bridgehead atoms. The van der Waals surface area contributed by atoms with E-state index in [9.17, 15) is 18.0 Å². The maximum absolute atomic E-state index is 13.3. The van der Waals surface area contributed by atoms with Crippen LogP contribution in [0, 0.1) is 17.5 Å². The van der Waals surface area contributed by atoms with E-state index in [4.69, 9.17) is 10.8 Å². The van der Waals surface area contributed by atoms with Crippen LogP contribution in [0.4, 0.5) is 13.2 Å². The highest BCUT2D eigenvalue weighted by Gasteiger charge is 2.23. The largest absolute Gasteiger partial charge is 0.481 e. The second-order valence-electron chi connectivity index (χ2n) is 3.09. The molecule has 0 spiro atoms. The van der Waals surface area contributed by atoms with Gasteiger partial charge in [-0.25, -0.2) is 13.2 Å². The second-order valence-corrected chi connectivity index (χ2v) is 3.94. The number of rotatable bonds is 3. The molecule has 1 rings (SSSR count). The fourth-order valence-electron chi connectivity index (χ4n) is 1.21. The van der Waals surface area contributed by atoms with Crippen molar-refractivity contribution in [3.05, 3.63) is 33.6 Å². The van der Waals surface area contributed by atoms with Crippen molar-refractivity contribution in [2.45, 2.75) is 12.5 Å². The Hall–Kier alpha value is -1.08. The van der Waals surface area contributed by atoms with Gasteiger partial charge in [0.15, 0.2) is 11.6 Å². The SMILES string of the molecule is NC(CC(=O)O)c1c(F)cc(Br)c(F)c1F. The summed E-state index contributed by atoms with van der Waals surface area (Å²) in [5.74, 6) is -5.17. The van der Waals surface area contributed by atoms with E-state index < -0.39 is 41.4 Å². The first-order valence-electron chi connectivity index (χ1n) is 4.14. The highest BCUT2D eigenvalue weighted by atomic mass is 79.9. The third kappa shape index (κ3) is 2.53. The van der Waals surface area contributed by atoms with E-state index in [-0.39, 0.29) is 4.47 Å². The van der Waals surface area contributed by atoms with Crippen molar-refractivity contribution in [1.82, 2.24) is 0 Å². The fraction of sp³-hybridized carbons (Fsp3) is 0.222. The lowest BCUT2D eigenvalue weighted by Gasteiger charge is -2.12. The van der Waals surface area contributed by atoms with Crippen molar-refractivity contribution in [2.75, 3.05) is 0 Å². The molecule has 0 fully saturated rings. The predicted molar refractivity (Wildman–Crippen MR) is 53.2 cm³/mol.